The number of ether oxygens (including phenoxy) is 3. The summed E-state index contributed by atoms with van der Waals surface area (Å²) in [6.07, 6.45) is 1.46. The summed E-state index contributed by atoms with van der Waals surface area (Å²) in [7, 11) is 1.40. The van der Waals surface area contributed by atoms with Gasteiger partial charge in [-0.3, -0.25) is 14.9 Å². The Labute approximate surface area is 151 Å². The molecule has 7 heteroatoms. The van der Waals surface area contributed by atoms with E-state index in [1.54, 1.807) is 0 Å². The first-order valence-electron chi connectivity index (χ1n) is 8.22. The number of non-ortho nitro benzene ring substituents is 1. The number of aryl methyl sites for hydroxylation is 1. The van der Waals surface area contributed by atoms with E-state index in [-0.39, 0.29) is 23.6 Å². The molecule has 2 aromatic rings. The fourth-order valence-electron chi connectivity index (χ4n) is 2.30. The van der Waals surface area contributed by atoms with Crippen molar-refractivity contribution in [3.8, 4) is 17.2 Å². The van der Waals surface area contributed by atoms with E-state index in [1.165, 1.54) is 25.3 Å². The van der Waals surface area contributed by atoms with Crippen molar-refractivity contribution < 1.29 is 23.9 Å². The van der Waals surface area contributed by atoms with Crippen LogP contribution in [-0.4, -0.2) is 24.6 Å². The van der Waals surface area contributed by atoms with Crippen molar-refractivity contribution >= 4 is 11.7 Å². The van der Waals surface area contributed by atoms with Gasteiger partial charge in [-0.05, 0) is 43.5 Å². The van der Waals surface area contributed by atoms with Crippen LogP contribution in [0.4, 0.5) is 5.69 Å². The van der Waals surface area contributed by atoms with Crippen molar-refractivity contribution in [2.45, 2.75) is 26.2 Å². The van der Waals surface area contributed by atoms with E-state index in [2.05, 4.69) is 0 Å². The smallest absolute Gasteiger partial charge is 0.311 e. The van der Waals surface area contributed by atoms with Crippen LogP contribution in [0, 0.1) is 17.0 Å². The lowest BCUT2D eigenvalue weighted by atomic mass is 10.2. The van der Waals surface area contributed by atoms with Gasteiger partial charge < -0.3 is 14.2 Å². The van der Waals surface area contributed by atoms with E-state index in [9.17, 15) is 14.9 Å². The summed E-state index contributed by atoms with van der Waals surface area (Å²) in [5, 5.41) is 10.8. The zero-order valence-corrected chi connectivity index (χ0v) is 14.8. The SMILES string of the molecule is COc1ccc([N+](=O)[O-])cc1OC(=O)CCCCOc1cccc(C)c1. The Morgan fingerprint density at radius 2 is 1.92 bits per heavy atom. The predicted molar refractivity (Wildman–Crippen MR) is 95.8 cm³/mol. The largest absolute Gasteiger partial charge is 0.494 e. The molecule has 0 bridgehead atoms. The Hall–Kier alpha value is -3.09. The molecule has 0 fully saturated rings. The molecule has 0 aromatic heterocycles. The summed E-state index contributed by atoms with van der Waals surface area (Å²) in [5.74, 6) is 0.641. The Morgan fingerprint density at radius 3 is 2.62 bits per heavy atom. The number of unbranched alkanes of at least 4 members (excludes halogenated alkanes) is 1. The highest BCUT2D eigenvalue weighted by Gasteiger charge is 2.15. The lowest BCUT2D eigenvalue weighted by Crippen LogP contribution is -2.09. The highest BCUT2D eigenvalue weighted by molar-refractivity contribution is 5.73. The first-order valence-corrected chi connectivity index (χ1v) is 8.22. The third-order valence-corrected chi connectivity index (χ3v) is 3.62. The monoisotopic (exact) mass is 359 g/mol. The second-order valence-electron chi connectivity index (χ2n) is 5.69. The van der Waals surface area contributed by atoms with Crippen molar-refractivity contribution in [2.24, 2.45) is 0 Å². The van der Waals surface area contributed by atoms with Gasteiger partial charge in [0.2, 0.25) is 0 Å². The summed E-state index contributed by atoms with van der Waals surface area (Å²) in [6.45, 7) is 2.49. The van der Waals surface area contributed by atoms with Crippen molar-refractivity contribution in [3.05, 3.63) is 58.1 Å². The molecule has 0 unspecified atom stereocenters. The minimum Gasteiger partial charge on any atom is -0.494 e. The molecule has 0 saturated heterocycles. The van der Waals surface area contributed by atoms with Gasteiger partial charge in [-0.2, -0.15) is 0 Å². The van der Waals surface area contributed by atoms with Crippen molar-refractivity contribution in [2.75, 3.05) is 13.7 Å². The Balaban J connectivity index is 1.78. The molecule has 0 aliphatic carbocycles. The van der Waals surface area contributed by atoms with Gasteiger partial charge in [0.05, 0.1) is 24.7 Å². The molecular formula is C19H21NO6. The molecule has 0 amide bonds. The second-order valence-corrected chi connectivity index (χ2v) is 5.69. The standard InChI is InChI=1S/C19H21NO6/c1-14-6-5-7-16(12-14)25-11-4-3-8-19(21)26-18-13-15(20(22)23)9-10-17(18)24-2/h5-7,9-10,12-13H,3-4,8,11H2,1-2H3. The maximum absolute atomic E-state index is 12.0. The quantitative estimate of drug-likeness (QED) is 0.220. The summed E-state index contributed by atoms with van der Waals surface area (Å²) in [5.41, 5.74) is 0.956. The van der Waals surface area contributed by atoms with Crippen LogP contribution >= 0.6 is 0 Å². The van der Waals surface area contributed by atoms with Gasteiger partial charge in [0, 0.05) is 12.5 Å². The molecule has 2 rings (SSSR count). The Morgan fingerprint density at radius 1 is 1.12 bits per heavy atom. The number of nitro groups is 1. The number of carbonyl (C=O) groups excluding carboxylic acids is 1. The fourth-order valence-corrected chi connectivity index (χ4v) is 2.30. The zero-order valence-electron chi connectivity index (χ0n) is 14.8. The maximum atomic E-state index is 12.0. The van der Waals surface area contributed by atoms with E-state index in [0.29, 0.717) is 19.4 Å². The molecule has 0 saturated carbocycles. The highest BCUT2D eigenvalue weighted by Crippen LogP contribution is 2.31. The Kier molecular flexibility index (Phi) is 6.96. The number of hydrogen-bond acceptors (Lipinski definition) is 6. The van der Waals surface area contributed by atoms with Crippen LogP contribution < -0.4 is 14.2 Å². The lowest BCUT2D eigenvalue weighted by molar-refractivity contribution is -0.384. The van der Waals surface area contributed by atoms with Crippen LogP contribution in [0.5, 0.6) is 17.2 Å². The summed E-state index contributed by atoms with van der Waals surface area (Å²) < 4.78 is 15.9. The molecule has 138 valence electrons. The average molecular weight is 359 g/mol. The number of benzene rings is 2. The number of nitro benzene ring substituents is 1. The third kappa shape index (κ3) is 5.77. The van der Waals surface area contributed by atoms with Gasteiger partial charge in [0.15, 0.2) is 11.5 Å². The molecular weight excluding hydrogens is 338 g/mol. The molecule has 0 radical (unpaired) electrons. The molecule has 2 aromatic carbocycles. The number of methoxy groups -OCH3 is 1. The molecule has 0 spiro atoms. The van der Waals surface area contributed by atoms with Gasteiger partial charge >= 0.3 is 5.97 Å². The van der Waals surface area contributed by atoms with E-state index in [4.69, 9.17) is 14.2 Å². The minimum absolute atomic E-state index is 0.0442. The van der Waals surface area contributed by atoms with Crippen LogP contribution in [-0.2, 0) is 4.79 Å². The van der Waals surface area contributed by atoms with Crippen LogP contribution in [0.2, 0.25) is 0 Å². The summed E-state index contributed by atoms with van der Waals surface area (Å²) >= 11 is 0. The van der Waals surface area contributed by atoms with Gasteiger partial charge in [0.1, 0.15) is 5.75 Å². The number of esters is 1. The molecule has 7 nitrogen and oxygen atoms in total. The van der Waals surface area contributed by atoms with Gasteiger partial charge in [-0.25, -0.2) is 0 Å². The predicted octanol–water partition coefficient (Wildman–Crippen LogP) is 4.07. The van der Waals surface area contributed by atoms with Gasteiger partial charge in [-0.1, -0.05) is 12.1 Å². The van der Waals surface area contributed by atoms with Crippen molar-refractivity contribution in [1.82, 2.24) is 0 Å². The summed E-state index contributed by atoms with van der Waals surface area (Å²) in [4.78, 5) is 22.2. The second kappa shape index (κ2) is 9.41. The molecule has 26 heavy (non-hydrogen) atoms. The molecule has 0 aliphatic heterocycles. The minimum atomic E-state index is -0.556. The zero-order chi connectivity index (χ0) is 18.9. The number of hydrogen-bond donors (Lipinski definition) is 0. The molecule has 0 heterocycles. The average Bonchev–Trinajstić information content (AvgIpc) is 2.61. The fraction of sp³-hybridized carbons (Fsp3) is 0.316. The highest BCUT2D eigenvalue weighted by atomic mass is 16.6. The van der Waals surface area contributed by atoms with Crippen molar-refractivity contribution in [1.29, 1.82) is 0 Å². The normalized spacial score (nSPS) is 10.2. The molecule has 0 N–H and O–H groups in total. The maximum Gasteiger partial charge on any atom is 0.311 e. The van der Waals surface area contributed by atoms with Crippen LogP contribution in [0.3, 0.4) is 0 Å². The first kappa shape index (κ1) is 19.2. The van der Waals surface area contributed by atoms with Crippen LogP contribution in [0.25, 0.3) is 0 Å². The Bertz CT molecular complexity index is 774. The topological polar surface area (TPSA) is 87.9 Å². The van der Waals surface area contributed by atoms with E-state index < -0.39 is 10.9 Å². The number of carbonyl (C=O) groups is 1. The van der Waals surface area contributed by atoms with Crippen LogP contribution in [0.1, 0.15) is 24.8 Å². The van der Waals surface area contributed by atoms with Crippen LogP contribution in [0.15, 0.2) is 42.5 Å². The van der Waals surface area contributed by atoms with Gasteiger partial charge in [-0.15, -0.1) is 0 Å². The summed E-state index contributed by atoms with van der Waals surface area (Å²) in [6, 6.07) is 11.6. The first-order chi connectivity index (χ1) is 12.5. The van der Waals surface area contributed by atoms with Gasteiger partial charge in [0.25, 0.3) is 5.69 Å². The van der Waals surface area contributed by atoms with E-state index >= 15 is 0 Å². The van der Waals surface area contributed by atoms with E-state index in [0.717, 1.165) is 11.3 Å². The number of rotatable bonds is 9. The lowest BCUT2D eigenvalue weighted by Gasteiger charge is -2.09. The number of nitrogens with zero attached hydrogens (tertiary/aromatic N) is 1. The molecule has 0 atom stereocenters. The molecule has 0 aliphatic rings. The van der Waals surface area contributed by atoms with E-state index in [1.807, 2.05) is 31.2 Å². The van der Waals surface area contributed by atoms with Crippen molar-refractivity contribution in [3.63, 3.8) is 0 Å². The third-order valence-electron chi connectivity index (χ3n) is 3.62.